The predicted molar refractivity (Wildman–Crippen MR) is 79.8 cm³/mol. The van der Waals surface area contributed by atoms with Crippen LogP contribution in [0.5, 0.6) is 0 Å². The zero-order valence-electron chi connectivity index (χ0n) is 13.1. The van der Waals surface area contributed by atoms with Crippen LogP contribution < -0.4 is 0 Å². The molecule has 0 bridgehead atoms. The summed E-state index contributed by atoms with van der Waals surface area (Å²) in [5.41, 5.74) is 0.855. The van der Waals surface area contributed by atoms with Crippen LogP contribution in [0.1, 0.15) is 55.7 Å². The first kappa shape index (κ1) is 15.2. The molecule has 0 aromatic carbocycles. The number of nitrogens with one attached hydrogen (secondary N) is 1. The molecule has 2 heterocycles. The number of H-pyrrole nitrogens is 1. The largest absolute Gasteiger partial charge is 0.332 e. The van der Waals surface area contributed by atoms with Crippen molar-refractivity contribution in [2.24, 2.45) is 0 Å². The number of aromatic amines is 1. The summed E-state index contributed by atoms with van der Waals surface area (Å²) in [6.07, 6.45) is 3.43. The van der Waals surface area contributed by atoms with Crippen molar-refractivity contribution < 1.29 is 4.79 Å². The van der Waals surface area contributed by atoms with Gasteiger partial charge in [0, 0.05) is 24.9 Å². The van der Waals surface area contributed by atoms with E-state index < -0.39 is 0 Å². The van der Waals surface area contributed by atoms with Gasteiger partial charge in [0.2, 0.25) is 5.82 Å². The van der Waals surface area contributed by atoms with Gasteiger partial charge in [-0.2, -0.15) is 0 Å². The molecule has 0 spiro atoms. The minimum Gasteiger partial charge on any atom is -0.332 e. The van der Waals surface area contributed by atoms with Crippen LogP contribution in [0.25, 0.3) is 0 Å². The molecule has 0 fully saturated rings. The van der Waals surface area contributed by atoms with Crippen LogP contribution in [0.15, 0.2) is 24.5 Å². The number of aromatic nitrogens is 4. The van der Waals surface area contributed by atoms with Gasteiger partial charge >= 0.3 is 0 Å². The highest BCUT2D eigenvalue weighted by atomic mass is 16.2. The number of rotatable bonds is 3. The maximum Gasteiger partial charge on any atom is 0.293 e. The van der Waals surface area contributed by atoms with Gasteiger partial charge in [-0.05, 0) is 24.6 Å². The van der Waals surface area contributed by atoms with E-state index >= 15 is 0 Å². The minimum absolute atomic E-state index is 0.0721. The normalized spacial score (nSPS) is 13.0. The Balaban J connectivity index is 2.18. The quantitative estimate of drug-likeness (QED) is 0.940. The average molecular weight is 287 g/mol. The number of carbonyl (C=O) groups excluding carboxylic acids is 1. The standard InChI is InChI=1S/C15H21N5O/c1-10(11-6-8-16-9-7-11)20(5)13(21)12-17-14(19-18-12)15(2,3)4/h6-10H,1-5H3,(H,17,18,19). The van der Waals surface area contributed by atoms with E-state index in [1.54, 1.807) is 24.3 Å². The molecule has 1 N–H and O–H groups in total. The van der Waals surface area contributed by atoms with Gasteiger partial charge in [-0.3, -0.25) is 14.9 Å². The lowest BCUT2D eigenvalue weighted by Crippen LogP contribution is -2.30. The maximum atomic E-state index is 12.5. The van der Waals surface area contributed by atoms with E-state index in [4.69, 9.17) is 0 Å². The molecule has 0 saturated carbocycles. The first-order valence-corrected chi connectivity index (χ1v) is 6.90. The lowest BCUT2D eigenvalue weighted by atomic mass is 9.96. The average Bonchev–Trinajstić information content (AvgIpc) is 2.95. The molecule has 6 heteroatoms. The van der Waals surface area contributed by atoms with Gasteiger partial charge in [-0.15, -0.1) is 5.10 Å². The third-order valence-electron chi connectivity index (χ3n) is 3.48. The van der Waals surface area contributed by atoms with E-state index in [0.29, 0.717) is 5.82 Å². The molecule has 112 valence electrons. The Morgan fingerprint density at radius 2 is 1.90 bits per heavy atom. The van der Waals surface area contributed by atoms with Gasteiger partial charge in [0.05, 0.1) is 6.04 Å². The summed E-state index contributed by atoms with van der Waals surface area (Å²) in [6, 6.07) is 3.72. The van der Waals surface area contributed by atoms with Crippen molar-refractivity contribution in [3.8, 4) is 0 Å². The van der Waals surface area contributed by atoms with E-state index in [9.17, 15) is 4.79 Å². The number of carbonyl (C=O) groups is 1. The fourth-order valence-electron chi connectivity index (χ4n) is 1.89. The van der Waals surface area contributed by atoms with Crippen molar-refractivity contribution in [1.82, 2.24) is 25.1 Å². The van der Waals surface area contributed by atoms with E-state index in [-0.39, 0.29) is 23.2 Å². The first-order valence-electron chi connectivity index (χ1n) is 6.90. The molecular formula is C15H21N5O. The van der Waals surface area contributed by atoms with Gasteiger partial charge < -0.3 is 4.90 Å². The van der Waals surface area contributed by atoms with Crippen LogP contribution in [0.2, 0.25) is 0 Å². The van der Waals surface area contributed by atoms with Crippen molar-refractivity contribution in [3.05, 3.63) is 41.7 Å². The van der Waals surface area contributed by atoms with Crippen molar-refractivity contribution in [2.45, 2.75) is 39.2 Å². The minimum atomic E-state index is -0.203. The number of hydrogen-bond donors (Lipinski definition) is 1. The zero-order valence-corrected chi connectivity index (χ0v) is 13.1. The van der Waals surface area contributed by atoms with Crippen LogP contribution in [-0.4, -0.2) is 38.0 Å². The topological polar surface area (TPSA) is 74.8 Å². The third-order valence-corrected chi connectivity index (χ3v) is 3.48. The van der Waals surface area contributed by atoms with Gasteiger partial charge in [-0.1, -0.05) is 20.8 Å². The highest BCUT2D eigenvalue weighted by Gasteiger charge is 2.25. The summed E-state index contributed by atoms with van der Waals surface area (Å²) in [7, 11) is 1.75. The van der Waals surface area contributed by atoms with E-state index in [0.717, 1.165) is 5.56 Å². The van der Waals surface area contributed by atoms with Crippen molar-refractivity contribution in [1.29, 1.82) is 0 Å². The Kier molecular flexibility index (Phi) is 4.06. The summed E-state index contributed by atoms with van der Waals surface area (Å²) in [5.74, 6) is 0.699. The molecule has 2 aromatic rings. The highest BCUT2D eigenvalue weighted by molar-refractivity contribution is 5.90. The molecule has 0 aliphatic heterocycles. The van der Waals surface area contributed by atoms with Crippen LogP contribution in [-0.2, 0) is 5.41 Å². The lowest BCUT2D eigenvalue weighted by Gasteiger charge is -2.24. The van der Waals surface area contributed by atoms with Gasteiger partial charge in [-0.25, -0.2) is 4.98 Å². The Bertz CT molecular complexity index is 614. The monoisotopic (exact) mass is 287 g/mol. The number of nitrogens with zero attached hydrogens (tertiary/aromatic N) is 4. The fraction of sp³-hybridized carbons (Fsp3) is 0.467. The van der Waals surface area contributed by atoms with E-state index in [2.05, 4.69) is 20.2 Å². The number of amides is 1. The molecule has 0 aliphatic rings. The van der Waals surface area contributed by atoms with Crippen molar-refractivity contribution >= 4 is 5.91 Å². The molecule has 21 heavy (non-hydrogen) atoms. The molecule has 6 nitrogen and oxygen atoms in total. The number of pyridine rings is 1. The van der Waals surface area contributed by atoms with Gasteiger partial charge in [0.25, 0.3) is 5.91 Å². The Morgan fingerprint density at radius 1 is 1.29 bits per heavy atom. The fourth-order valence-corrected chi connectivity index (χ4v) is 1.89. The van der Waals surface area contributed by atoms with Crippen molar-refractivity contribution in [2.75, 3.05) is 7.05 Å². The maximum absolute atomic E-state index is 12.5. The summed E-state index contributed by atoms with van der Waals surface area (Å²) in [4.78, 5) is 22.4. The summed E-state index contributed by atoms with van der Waals surface area (Å²) >= 11 is 0. The number of hydrogen-bond acceptors (Lipinski definition) is 4. The molecule has 1 atom stereocenters. The second-order valence-corrected chi connectivity index (χ2v) is 6.13. The SMILES string of the molecule is CC(c1ccncc1)N(C)C(=O)c1n[nH]c(C(C)(C)C)n1. The molecule has 0 radical (unpaired) electrons. The third kappa shape index (κ3) is 3.26. The lowest BCUT2D eigenvalue weighted by molar-refractivity contribution is 0.0730. The van der Waals surface area contributed by atoms with Gasteiger partial charge in [0.1, 0.15) is 5.82 Å². The Morgan fingerprint density at radius 3 is 2.43 bits per heavy atom. The summed E-state index contributed by atoms with van der Waals surface area (Å²) < 4.78 is 0. The van der Waals surface area contributed by atoms with Crippen LogP contribution >= 0.6 is 0 Å². The van der Waals surface area contributed by atoms with Gasteiger partial charge in [0.15, 0.2) is 0 Å². The molecule has 2 aromatic heterocycles. The molecule has 0 saturated heterocycles. The molecule has 1 unspecified atom stereocenters. The Hall–Kier alpha value is -2.24. The van der Waals surface area contributed by atoms with Crippen LogP contribution in [0, 0.1) is 0 Å². The van der Waals surface area contributed by atoms with Crippen LogP contribution in [0.4, 0.5) is 0 Å². The molecule has 0 aliphatic carbocycles. The van der Waals surface area contributed by atoms with Crippen molar-refractivity contribution in [3.63, 3.8) is 0 Å². The summed E-state index contributed by atoms with van der Waals surface area (Å²) in [5, 5.41) is 6.88. The van der Waals surface area contributed by atoms with Crippen LogP contribution in [0.3, 0.4) is 0 Å². The molecule has 1 amide bonds. The van der Waals surface area contributed by atoms with E-state index in [1.165, 1.54) is 0 Å². The summed E-state index contributed by atoms with van der Waals surface area (Å²) in [6.45, 7) is 8.02. The molecular weight excluding hydrogens is 266 g/mol. The smallest absolute Gasteiger partial charge is 0.293 e. The highest BCUT2D eigenvalue weighted by Crippen LogP contribution is 2.21. The second kappa shape index (κ2) is 5.63. The zero-order chi connectivity index (χ0) is 15.6. The Labute approximate surface area is 124 Å². The van der Waals surface area contributed by atoms with E-state index in [1.807, 2.05) is 39.8 Å². The second-order valence-electron chi connectivity index (χ2n) is 6.13. The predicted octanol–water partition coefficient (Wildman–Crippen LogP) is 2.33. The first-order chi connectivity index (χ1) is 9.80. The molecule has 2 rings (SSSR count).